The van der Waals surface area contributed by atoms with Gasteiger partial charge in [-0.2, -0.15) is 0 Å². The van der Waals surface area contributed by atoms with E-state index in [2.05, 4.69) is 14.9 Å². The molecular weight excluding hydrogens is 300 g/mol. The molecule has 1 fully saturated rings. The molecule has 0 bridgehead atoms. The van der Waals surface area contributed by atoms with Crippen LogP contribution in [0.2, 0.25) is 0 Å². The van der Waals surface area contributed by atoms with E-state index in [1.165, 1.54) is 38.8 Å². The molecule has 2 heterocycles. The number of carbonyl (C=O) groups is 1. The van der Waals surface area contributed by atoms with Crippen molar-refractivity contribution in [3.05, 3.63) is 36.2 Å². The zero-order valence-electron chi connectivity index (χ0n) is 14.4. The summed E-state index contributed by atoms with van der Waals surface area (Å²) in [6.07, 6.45) is 7.91. The van der Waals surface area contributed by atoms with Gasteiger partial charge in [0, 0.05) is 13.6 Å². The fourth-order valence-electron chi connectivity index (χ4n) is 3.25. The van der Waals surface area contributed by atoms with E-state index in [9.17, 15) is 4.79 Å². The molecule has 128 valence electrons. The summed E-state index contributed by atoms with van der Waals surface area (Å²) in [5.74, 6) is -0.0517. The van der Waals surface area contributed by atoms with Crippen LogP contribution in [0, 0.1) is 0 Å². The number of carbonyl (C=O) groups excluding carboxylic acids is 1. The lowest BCUT2D eigenvalue weighted by atomic mass is 10.2. The number of aromatic nitrogens is 2. The number of nitrogens with zero attached hydrogens (tertiary/aromatic N) is 4. The molecule has 1 amide bonds. The Bertz CT molecular complexity index is 680. The fourth-order valence-corrected chi connectivity index (χ4v) is 3.25. The van der Waals surface area contributed by atoms with Crippen LogP contribution < -0.4 is 0 Å². The number of amides is 1. The topological polar surface area (TPSA) is 49.3 Å². The van der Waals surface area contributed by atoms with Crippen LogP contribution in [0.15, 0.2) is 30.5 Å². The molecule has 0 spiro atoms. The second-order valence-corrected chi connectivity index (χ2v) is 6.58. The summed E-state index contributed by atoms with van der Waals surface area (Å²) in [5, 5.41) is 0. The fraction of sp³-hybridized carbons (Fsp3) is 0.526. The van der Waals surface area contributed by atoms with Crippen LogP contribution in [0.3, 0.4) is 0 Å². The number of hydrogen-bond acceptors (Lipinski definition) is 4. The summed E-state index contributed by atoms with van der Waals surface area (Å²) in [6, 6.07) is 7.63. The summed E-state index contributed by atoms with van der Waals surface area (Å²) >= 11 is 0. The van der Waals surface area contributed by atoms with Gasteiger partial charge in [-0.15, -0.1) is 0 Å². The monoisotopic (exact) mass is 326 g/mol. The lowest BCUT2D eigenvalue weighted by molar-refractivity contribution is 0.0783. The molecule has 1 aliphatic rings. The van der Waals surface area contributed by atoms with Crippen molar-refractivity contribution < 1.29 is 4.79 Å². The summed E-state index contributed by atoms with van der Waals surface area (Å²) in [7, 11) is 1.85. The molecule has 1 aromatic heterocycles. The van der Waals surface area contributed by atoms with Crippen molar-refractivity contribution in [3.8, 4) is 0 Å². The summed E-state index contributed by atoms with van der Waals surface area (Å²) in [5.41, 5.74) is 2.00. The molecule has 0 saturated carbocycles. The SMILES string of the molecule is CN(CCCN1CCCCCC1)C(=O)c1cnc2ccccc2n1. The normalized spacial score (nSPS) is 16.0. The van der Waals surface area contributed by atoms with Crippen molar-refractivity contribution in [3.63, 3.8) is 0 Å². The van der Waals surface area contributed by atoms with Crippen molar-refractivity contribution in [2.75, 3.05) is 33.2 Å². The second-order valence-electron chi connectivity index (χ2n) is 6.58. The highest BCUT2D eigenvalue weighted by Gasteiger charge is 2.15. The van der Waals surface area contributed by atoms with Gasteiger partial charge in [-0.05, 0) is 51.0 Å². The molecule has 2 aromatic rings. The zero-order valence-corrected chi connectivity index (χ0v) is 14.4. The molecule has 5 heteroatoms. The van der Waals surface area contributed by atoms with Gasteiger partial charge in [0.15, 0.2) is 0 Å². The highest BCUT2D eigenvalue weighted by molar-refractivity contribution is 5.93. The highest BCUT2D eigenvalue weighted by atomic mass is 16.2. The Morgan fingerprint density at radius 3 is 2.58 bits per heavy atom. The van der Waals surface area contributed by atoms with Gasteiger partial charge >= 0.3 is 0 Å². The van der Waals surface area contributed by atoms with Crippen LogP contribution in [0.25, 0.3) is 11.0 Å². The molecule has 3 rings (SSSR count). The molecule has 0 N–H and O–H groups in total. The van der Waals surface area contributed by atoms with Gasteiger partial charge in [0.1, 0.15) is 5.69 Å². The summed E-state index contributed by atoms with van der Waals surface area (Å²) in [6.45, 7) is 4.23. The van der Waals surface area contributed by atoms with Gasteiger partial charge in [-0.25, -0.2) is 4.98 Å². The molecule has 1 saturated heterocycles. The van der Waals surface area contributed by atoms with E-state index in [4.69, 9.17) is 0 Å². The predicted octanol–water partition coefficient (Wildman–Crippen LogP) is 2.97. The van der Waals surface area contributed by atoms with E-state index in [1.807, 2.05) is 31.3 Å². The molecule has 0 radical (unpaired) electrons. The first kappa shape index (κ1) is 16.8. The quantitative estimate of drug-likeness (QED) is 0.847. The summed E-state index contributed by atoms with van der Waals surface area (Å²) in [4.78, 5) is 25.6. The molecule has 0 aliphatic carbocycles. The Labute approximate surface area is 143 Å². The maximum atomic E-state index is 12.5. The lowest BCUT2D eigenvalue weighted by Gasteiger charge is -2.22. The Balaban J connectivity index is 1.53. The molecular formula is C19H26N4O. The van der Waals surface area contributed by atoms with E-state index < -0.39 is 0 Å². The summed E-state index contributed by atoms with van der Waals surface area (Å²) < 4.78 is 0. The molecule has 0 atom stereocenters. The molecule has 1 aromatic carbocycles. The Morgan fingerprint density at radius 2 is 1.83 bits per heavy atom. The number of likely N-dealkylation sites (tertiary alicyclic amines) is 1. The zero-order chi connectivity index (χ0) is 16.8. The minimum absolute atomic E-state index is 0.0517. The van der Waals surface area contributed by atoms with Crippen molar-refractivity contribution in [2.24, 2.45) is 0 Å². The Hall–Kier alpha value is -2.01. The first-order valence-electron chi connectivity index (χ1n) is 8.93. The number of para-hydroxylation sites is 2. The molecule has 5 nitrogen and oxygen atoms in total. The van der Waals surface area contributed by atoms with Crippen molar-refractivity contribution >= 4 is 16.9 Å². The molecule has 0 unspecified atom stereocenters. The number of benzene rings is 1. The third-order valence-corrected chi connectivity index (χ3v) is 4.68. The Morgan fingerprint density at radius 1 is 1.12 bits per heavy atom. The van der Waals surface area contributed by atoms with Gasteiger partial charge in [-0.1, -0.05) is 25.0 Å². The van der Waals surface area contributed by atoms with Gasteiger partial charge in [0.2, 0.25) is 0 Å². The average Bonchev–Trinajstić information content (AvgIpc) is 2.89. The minimum Gasteiger partial charge on any atom is -0.340 e. The van der Waals surface area contributed by atoms with Crippen molar-refractivity contribution in [2.45, 2.75) is 32.1 Å². The van der Waals surface area contributed by atoms with E-state index in [0.29, 0.717) is 5.69 Å². The first-order chi connectivity index (χ1) is 11.7. The predicted molar refractivity (Wildman–Crippen MR) is 96.0 cm³/mol. The van der Waals surface area contributed by atoms with Crippen LogP contribution >= 0.6 is 0 Å². The van der Waals surface area contributed by atoms with Crippen LogP contribution in [0.5, 0.6) is 0 Å². The third kappa shape index (κ3) is 4.29. The van der Waals surface area contributed by atoms with Crippen LogP contribution in [-0.4, -0.2) is 58.9 Å². The number of hydrogen-bond donors (Lipinski definition) is 0. The number of rotatable bonds is 5. The van der Waals surface area contributed by atoms with Gasteiger partial charge in [-0.3, -0.25) is 9.78 Å². The average molecular weight is 326 g/mol. The molecule has 24 heavy (non-hydrogen) atoms. The highest BCUT2D eigenvalue weighted by Crippen LogP contribution is 2.11. The maximum Gasteiger partial charge on any atom is 0.273 e. The van der Waals surface area contributed by atoms with E-state index >= 15 is 0 Å². The van der Waals surface area contributed by atoms with E-state index in [-0.39, 0.29) is 5.91 Å². The first-order valence-corrected chi connectivity index (χ1v) is 8.93. The van der Waals surface area contributed by atoms with Crippen molar-refractivity contribution in [1.82, 2.24) is 19.8 Å². The van der Waals surface area contributed by atoms with E-state index in [0.717, 1.165) is 30.5 Å². The van der Waals surface area contributed by atoms with Gasteiger partial charge in [0.05, 0.1) is 17.2 Å². The number of fused-ring (bicyclic) bond motifs is 1. The Kier molecular flexibility index (Phi) is 5.75. The van der Waals surface area contributed by atoms with Gasteiger partial charge in [0.25, 0.3) is 5.91 Å². The largest absolute Gasteiger partial charge is 0.340 e. The van der Waals surface area contributed by atoms with Crippen LogP contribution in [0.4, 0.5) is 0 Å². The standard InChI is InChI=1S/C19H26N4O/c1-22(11-8-14-23-12-6-2-3-7-13-23)19(24)18-15-20-16-9-4-5-10-17(16)21-18/h4-5,9-10,15H,2-3,6-8,11-14H2,1H3. The maximum absolute atomic E-state index is 12.5. The van der Waals surface area contributed by atoms with Crippen molar-refractivity contribution in [1.29, 1.82) is 0 Å². The van der Waals surface area contributed by atoms with E-state index in [1.54, 1.807) is 11.1 Å². The molecule has 1 aliphatic heterocycles. The van der Waals surface area contributed by atoms with Crippen LogP contribution in [0.1, 0.15) is 42.6 Å². The lowest BCUT2D eigenvalue weighted by Crippen LogP contribution is -2.32. The minimum atomic E-state index is -0.0517. The smallest absolute Gasteiger partial charge is 0.273 e. The van der Waals surface area contributed by atoms with Crippen LogP contribution in [-0.2, 0) is 0 Å². The van der Waals surface area contributed by atoms with Gasteiger partial charge < -0.3 is 9.80 Å². The second kappa shape index (κ2) is 8.20. The third-order valence-electron chi connectivity index (χ3n) is 4.68.